The predicted molar refractivity (Wildman–Crippen MR) is 79.6 cm³/mol. The van der Waals surface area contributed by atoms with E-state index in [1.807, 2.05) is 20.8 Å². The fourth-order valence-corrected chi connectivity index (χ4v) is 2.20. The molecule has 0 aliphatic rings. The predicted octanol–water partition coefficient (Wildman–Crippen LogP) is 3.01. The Labute approximate surface area is 138 Å². The van der Waals surface area contributed by atoms with Crippen LogP contribution in [0.3, 0.4) is 0 Å². The van der Waals surface area contributed by atoms with Gasteiger partial charge in [-0.2, -0.15) is 8.78 Å². The molecular weight excluding hydrogens is 349 g/mol. The number of rotatable bonds is 6. The SMILES string of the molecule is CC(C)(C)c1ccc(C(=O)OCCC(F)C(F)(F)S(=O)(=O)[O-])cc1. The van der Waals surface area contributed by atoms with Crippen LogP contribution in [0.2, 0.25) is 0 Å². The number of esters is 1. The lowest BCUT2D eigenvalue weighted by atomic mass is 9.87. The molecule has 1 atom stereocenters. The van der Waals surface area contributed by atoms with Crippen molar-refractivity contribution in [1.82, 2.24) is 0 Å². The molecule has 0 aromatic heterocycles. The van der Waals surface area contributed by atoms with E-state index in [1.54, 1.807) is 12.1 Å². The van der Waals surface area contributed by atoms with E-state index < -0.39 is 40.5 Å². The summed E-state index contributed by atoms with van der Waals surface area (Å²) in [6.07, 6.45) is -4.36. The fourth-order valence-electron chi connectivity index (χ4n) is 1.77. The maximum Gasteiger partial charge on any atom is 0.364 e. The largest absolute Gasteiger partial charge is 0.743 e. The number of alkyl halides is 3. The van der Waals surface area contributed by atoms with Crippen LogP contribution in [0.1, 0.15) is 43.1 Å². The van der Waals surface area contributed by atoms with Crippen molar-refractivity contribution in [2.45, 2.75) is 44.0 Å². The number of halogens is 3. The third kappa shape index (κ3) is 4.94. The molecule has 5 nitrogen and oxygen atoms in total. The van der Waals surface area contributed by atoms with Crippen LogP contribution in [0.5, 0.6) is 0 Å². The van der Waals surface area contributed by atoms with Crippen molar-refractivity contribution in [1.29, 1.82) is 0 Å². The summed E-state index contributed by atoms with van der Waals surface area (Å²) >= 11 is 0. The second kappa shape index (κ2) is 7.10. The molecule has 0 bridgehead atoms. The Balaban J connectivity index is 2.61. The van der Waals surface area contributed by atoms with Gasteiger partial charge in [0, 0.05) is 6.42 Å². The Morgan fingerprint density at radius 1 is 1.21 bits per heavy atom. The number of benzene rings is 1. The van der Waals surface area contributed by atoms with Crippen LogP contribution in [0.25, 0.3) is 0 Å². The molecule has 1 aromatic rings. The molecule has 0 spiro atoms. The van der Waals surface area contributed by atoms with Gasteiger partial charge in [0.2, 0.25) is 0 Å². The normalized spacial score (nSPS) is 14.3. The second-order valence-electron chi connectivity index (χ2n) is 6.24. The van der Waals surface area contributed by atoms with Crippen LogP contribution in [-0.2, 0) is 20.3 Å². The van der Waals surface area contributed by atoms with Gasteiger partial charge in [-0.25, -0.2) is 17.6 Å². The molecule has 1 aromatic carbocycles. The lowest BCUT2D eigenvalue weighted by molar-refractivity contribution is -0.0169. The van der Waals surface area contributed by atoms with Crippen molar-refractivity contribution >= 4 is 16.1 Å². The molecule has 0 heterocycles. The van der Waals surface area contributed by atoms with Gasteiger partial charge < -0.3 is 9.29 Å². The van der Waals surface area contributed by atoms with Gasteiger partial charge >= 0.3 is 11.2 Å². The van der Waals surface area contributed by atoms with Gasteiger partial charge in [-0.15, -0.1) is 0 Å². The summed E-state index contributed by atoms with van der Waals surface area (Å²) in [7, 11) is -6.12. The smallest absolute Gasteiger partial charge is 0.364 e. The van der Waals surface area contributed by atoms with Gasteiger partial charge in [0.05, 0.1) is 12.2 Å². The topological polar surface area (TPSA) is 83.5 Å². The van der Waals surface area contributed by atoms with Crippen molar-refractivity contribution in [2.75, 3.05) is 6.61 Å². The van der Waals surface area contributed by atoms with Crippen molar-refractivity contribution < 1.29 is 35.7 Å². The lowest BCUT2D eigenvalue weighted by Gasteiger charge is -2.23. The average molecular weight is 367 g/mol. The highest BCUT2D eigenvalue weighted by atomic mass is 32.2. The maximum absolute atomic E-state index is 13.2. The molecule has 0 N–H and O–H groups in total. The van der Waals surface area contributed by atoms with E-state index in [0.717, 1.165) is 5.56 Å². The highest BCUT2D eigenvalue weighted by molar-refractivity contribution is 7.86. The molecule has 0 amide bonds. The number of hydrogen-bond acceptors (Lipinski definition) is 5. The summed E-state index contributed by atoms with van der Waals surface area (Å²) in [6, 6.07) is 6.36. The molecule has 136 valence electrons. The van der Waals surface area contributed by atoms with Crippen LogP contribution in [0.4, 0.5) is 13.2 Å². The first-order chi connectivity index (χ1) is 10.8. The first-order valence-electron chi connectivity index (χ1n) is 7.02. The minimum Gasteiger partial charge on any atom is -0.743 e. The van der Waals surface area contributed by atoms with E-state index in [-0.39, 0.29) is 11.0 Å². The van der Waals surface area contributed by atoms with E-state index in [1.165, 1.54) is 12.1 Å². The zero-order valence-corrected chi connectivity index (χ0v) is 14.2. The van der Waals surface area contributed by atoms with Crippen molar-refractivity contribution in [3.8, 4) is 0 Å². The maximum atomic E-state index is 13.2. The molecule has 24 heavy (non-hydrogen) atoms. The van der Waals surface area contributed by atoms with Gasteiger partial charge in [-0.1, -0.05) is 32.9 Å². The summed E-state index contributed by atoms with van der Waals surface area (Å²) in [5.41, 5.74) is 0.976. The van der Waals surface area contributed by atoms with E-state index >= 15 is 0 Å². The van der Waals surface area contributed by atoms with Crippen LogP contribution < -0.4 is 0 Å². The standard InChI is InChI=1S/C15H19F3O5S/c1-14(2,3)11-6-4-10(5-7-11)13(19)23-9-8-12(16)15(17,18)24(20,21)22/h4-7,12H,8-9H2,1-3H3,(H,20,21,22)/p-1. The number of carbonyl (C=O) groups excluding carboxylic acids is 1. The Morgan fingerprint density at radius 2 is 1.71 bits per heavy atom. The van der Waals surface area contributed by atoms with Crippen LogP contribution in [0, 0.1) is 0 Å². The van der Waals surface area contributed by atoms with Gasteiger partial charge in [-0.3, -0.25) is 0 Å². The van der Waals surface area contributed by atoms with Gasteiger partial charge in [0.15, 0.2) is 16.3 Å². The average Bonchev–Trinajstić information content (AvgIpc) is 2.45. The number of ether oxygens (including phenoxy) is 1. The lowest BCUT2D eigenvalue weighted by Crippen LogP contribution is -2.39. The van der Waals surface area contributed by atoms with Gasteiger partial charge in [0.25, 0.3) is 0 Å². The second-order valence-corrected chi connectivity index (χ2v) is 7.69. The minimum absolute atomic E-state index is 0.126. The highest BCUT2D eigenvalue weighted by Crippen LogP contribution is 2.29. The summed E-state index contributed by atoms with van der Waals surface area (Å²) in [5.74, 6) is -0.865. The van der Waals surface area contributed by atoms with Crippen LogP contribution in [0.15, 0.2) is 24.3 Å². The minimum atomic E-state index is -6.12. The third-order valence-corrected chi connectivity index (χ3v) is 4.21. The molecular formula is C15H18F3O5S-. The first-order valence-corrected chi connectivity index (χ1v) is 8.42. The summed E-state index contributed by atoms with van der Waals surface area (Å²) < 4.78 is 74.5. The van der Waals surface area contributed by atoms with E-state index in [2.05, 4.69) is 4.74 Å². The quantitative estimate of drug-likeness (QED) is 0.570. The summed E-state index contributed by atoms with van der Waals surface area (Å²) in [4.78, 5) is 11.7. The molecule has 0 aliphatic heterocycles. The van der Waals surface area contributed by atoms with Gasteiger partial charge in [-0.05, 0) is 23.1 Å². The molecule has 0 saturated carbocycles. The molecule has 0 aliphatic carbocycles. The Bertz CT molecular complexity index is 678. The molecule has 1 unspecified atom stereocenters. The molecule has 0 fully saturated rings. The van der Waals surface area contributed by atoms with E-state index in [0.29, 0.717) is 0 Å². The van der Waals surface area contributed by atoms with Crippen molar-refractivity contribution in [3.05, 3.63) is 35.4 Å². The highest BCUT2D eigenvalue weighted by Gasteiger charge is 2.47. The van der Waals surface area contributed by atoms with Gasteiger partial charge in [0.1, 0.15) is 0 Å². The van der Waals surface area contributed by atoms with E-state index in [4.69, 9.17) is 0 Å². The fraction of sp³-hybridized carbons (Fsp3) is 0.533. The first kappa shape index (κ1) is 20.4. The van der Waals surface area contributed by atoms with Crippen LogP contribution in [-0.4, -0.2) is 37.0 Å². The van der Waals surface area contributed by atoms with Crippen molar-refractivity contribution in [3.63, 3.8) is 0 Å². The Morgan fingerprint density at radius 3 is 2.12 bits per heavy atom. The number of carbonyl (C=O) groups is 1. The number of hydrogen-bond donors (Lipinski definition) is 0. The molecule has 9 heteroatoms. The Hall–Kier alpha value is -1.61. The molecule has 1 rings (SSSR count). The van der Waals surface area contributed by atoms with Crippen LogP contribution >= 0.6 is 0 Å². The summed E-state index contributed by atoms with van der Waals surface area (Å²) in [6.45, 7) is 5.15. The molecule has 0 radical (unpaired) electrons. The monoisotopic (exact) mass is 367 g/mol. The Kier molecular flexibility index (Phi) is 6.05. The summed E-state index contributed by atoms with van der Waals surface area (Å²) in [5, 5.41) is -5.06. The van der Waals surface area contributed by atoms with Crippen molar-refractivity contribution in [2.24, 2.45) is 0 Å². The van der Waals surface area contributed by atoms with E-state index in [9.17, 15) is 30.9 Å². The zero-order valence-electron chi connectivity index (χ0n) is 13.4. The third-order valence-electron chi connectivity index (χ3n) is 3.29. The molecule has 0 saturated heterocycles. The zero-order chi connectivity index (χ0) is 18.8.